The summed E-state index contributed by atoms with van der Waals surface area (Å²) in [5.41, 5.74) is 2.06. The molecular formula is C17H14F3NO2. The van der Waals surface area contributed by atoms with Crippen LogP contribution in [0.4, 0.5) is 18.9 Å². The van der Waals surface area contributed by atoms with Gasteiger partial charge in [-0.2, -0.15) is 0 Å². The minimum Gasteiger partial charge on any atom is -0.484 e. The lowest BCUT2D eigenvalue weighted by Gasteiger charge is -2.10. The predicted molar refractivity (Wildman–Crippen MR) is 78.9 cm³/mol. The van der Waals surface area contributed by atoms with Crippen molar-refractivity contribution in [1.82, 2.24) is 0 Å². The number of aryl methyl sites for hydroxylation is 2. The van der Waals surface area contributed by atoms with Crippen LogP contribution in [0.3, 0.4) is 0 Å². The third-order valence-electron chi connectivity index (χ3n) is 3.75. The first kappa shape index (κ1) is 15.4. The zero-order valence-electron chi connectivity index (χ0n) is 12.2. The number of nitrogens with one attached hydrogen (secondary N) is 1. The molecule has 0 fully saturated rings. The van der Waals surface area contributed by atoms with Crippen LogP contribution >= 0.6 is 0 Å². The van der Waals surface area contributed by atoms with Crippen molar-refractivity contribution >= 4 is 11.6 Å². The lowest BCUT2D eigenvalue weighted by molar-refractivity contribution is -0.118. The standard InChI is InChI=1S/C17H14F3NO2/c18-13-6-7-14(17(20)16(13)19)21-15(22)9-23-12-5-4-10-2-1-3-11(10)8-12/h4-8H,1-3,9H2,(H,21,22). The van der Waals surface area contributed by atoms with Crippen LogP contribution in [-0.2, 0) is 17.6 Å². The quantitative estimate of drug-likeness (QED) is 0.874. The Bertz CT molecular complexity index is 762. The lowest BCUT2D eigenvalue weighted by atomic mass is 10.1. The van der Waals surface area contributed by atoms with Gasteiger partial charge in [0.15, 0.2) is 24.1 Å². The maximum absolute atomic E-state index is 13.5. The summed E-state index contributed by atoms with van der Waals surface area (Å²) in [6, 6.07) is 7.32. The van der Waals surface area contributed by atoms with Crippen molar-refractivity contribution in [2.24, 2.45) is 0 Å². The van der Waals surface area contributed by atoms with Gasteiger partial charge in [0, 0.05) is 0 Å². The van der Waals surface area contributed by atoms with Gasteiger partial charge in [0.1, 0.15) is 5.75 Å². The number of carbonyl (C=O) groups excluding carboxylic acids is 1. The van der Waals surface area contributed by atoms with Crippen molar-refractivity contribution < 1.29 is 22.7 Å². The third-order valence-corrected chi connectivity index (χ3v) is 3.75. The normalized spacial score (nSPS) is 12.8. The maximum Gasteiger partial charge on any atom is 0.262 e. The number of carbonyl (C=O) groups is 1. The zero-order valence-corrected chi connectivity index (χ0v) is 12.2. The molecule has 0 spiro atoms. The highest BCUT2D eigenvalue weighted by Gasteiger charge is 2.16. The molecule has 6 heteroatoms. The molecule has 2 aromatic rings. The Morgan fingerprint density at radius 1 is 1.04 bits per heavy atom. The fourth-order valence-electron chi connectivity index (χ4n) is 2.60. The molecule has 0 saturated carbocycles. The van der Waals surface area contributed by atoms with Crippen LogP contribution in [0.1, 0.15) is 17.5 Å². The molecule has 2 aromatic carbocycles. The van der Waals surface area contributed by atoms with E-state index < -0.39 is 29.0 Å². The molecule has 0 saturated heterocycles. The van der Waals surface area contributed by atoms with Crippen LogP contribution < -0.4 is 10.1 Å². The first-order valence-electron chi connectivity index (χ1n) is 7.22. The molecule has 0 heterocycles. The second kappa shape index (κ2) is 6.32. The van der Waals surface area contributed by atoms with Gasteiger partial charge in [-0.05, 0) is 54.7 Å². The van der Waals surface area contributed by atoms with Gasteiger partial charge in [0.2, 0.25) is 0 Å². The number of hydrogen-bond acceptors (Lipinski definition) is 2. The van der Waals surface area contributed by atoms with Crippen molar-refractivity contribution in [3.05, 3.63) is 58.9 Å². The smallest absolute Gasteiger partial charge is 0.262 e. The molecule has 0 radical (unpaired) electrons. The second-order valence-electron chi connectivity index (χ2n) is 5.34. The first-order chi connectivity index (χ1) is 11.0. The number of fused-ring (bicyclic) bond motifs is 1. The lowest BCUT2D eigenvalue weighted by Crippen LogP contribution is -2.21. The van der Waals surface area contributed by atoms with E-state index in [-0.39, 0.29) is 6.61 Å². The number of ether oxygens (including phenoxy) is 1. The highest BCUT2D eigenvalue weighted by atomic mass is 19.2. The number of hydrogen-bond donors (Lipinski definition) is 1. The molecule has 0 aromatic heterocycles. The molecule has 23 heavy (non-hydrogen) atoms. The summed E-state index contributed by atoms with van der Waals surface area (Å²) in [4.78, 5) is 11.7. The number of anilines is 1. The van der Waals surface area contributed by atoms with Crippen molar-refractivity contribution in [2.75, 3.05) is 11.9 Å². The van der Waals surface area contributed by atoms with Crippen LogP contribution in [-0.4, -0.2) is 12.5 Å². The summed E-state index contributed by atoms with van der Waals surface area (Å²) >= 11 is 0. The molecule has 1 amide bonds. The number of benzene rings is 2. The molecule has 0 bridgehead atoms. The Labute approximate surface area is 131 Å². The van der Waals surface area contributed by atoms with Gasteiger partial charge in [0.05, 0.1) is 5.69 Å². The molecule has 1 aliphatic rings. The highest BCUT2D eigenvalue weighted by Crippen LogP contribution is 2.26. The molecule has 120 valence electrons. The van der Waals surface area contributed by atoms with Crippen molar-refractivity contribution in [2.45, 2.75) is 19.3 Å². The van der Waals surface area contributed by atoms with Gasteiger partial charge < -0.3 is 10.1 Å². The largest absolute Gasteiger partial charge is 0.484 e. The minimum atomic E-state index is -1.62. The third kappa shape index (κ3) is 3.31. The Morgan fingerprint density at radius 2 is 1.83 bits per heavy atom. The molecule has 3 rings (SSSR count). The molecule has 0 aliphatic heterocycles. The van der Waals surface area contributed by atoms with E-state index in [1.54, 1.807) is 6.07 Å². The van der Waals surface area contributed by atoms with Gasteiger partial charge in [-0.3, -0.25) is 4.79 Å². The van der Waals surface area contributed by atoms with E-state index in [4.69, 9.17) is 4.74 Å². The van der Waals surface area contributed by atoms with Crippen molar-refractivity contribution in [3.8, 4) is 5.75 Å². The Kier molecular flexibility index (Phi) is 4.23. The fourth-order valence-corrected chi connectivity index (χ4v) is 2.60. The molecule has 0 atom stereocenters. The molecule has 1 N–H and O–H groups in total. The van der Waals surface area contributed by atoms with Crippen LogP contribution in [0.5, 0.6) is 5.75 Å². The summed E-state index contributed by atoms with van der Waals surface area (Å²) < 4.78 is 44.7. The summed E-state index contributed by atoms with van der Waals surface area (Å²) in [5, 5.41) is 2.16. The summed E-state index contributed by atoms with van der Waals surface area (Å²) in [6.45, 7) is -0.350. The summed E-state index contributed by atoms with van der Waals surface area (Å²) in [6.07, 6.45) is 3.14. The Balaban J connectivity index is 1.61. The van der Waals surface area contributed by atoms with Crippen LogP contribution in [0.25, 0.3) is 0 Å². The van der Waals surface area contributed by atoms with E-state index in [9.17, 15) is 18.0 Å². The summed E-state index contributed by atoms with van der Waals surface area (Å²) in [7, 11) is 0. The fraction of sp³-hybridized carbons (Fsp3) is 0.235. The SMILES string of the molecule is O=C(COc1ccc2c(c1)CCC2)Nc1ccc(F)c(F)c1F. The van der Waals surface area contributed by atoms with Crippen LogP contribution in [0.2, 0.25) is 0 Å². The van der Waals surface area contributed by atoms with Crippen molar-refractivity contribution in [3.63, 3.8) is 0 Å². The highest BCUT2D eigenvalue weighted by molar-refractivity contribution is 5.92. The monoisotopic (exact) mass is 321 g/mol. The van der Waals surface area contributed by atoms with Gasteiger partial charge in [0.25, 0.3) is 5.91 Å². The Hall–Kier alpha value is -2.50. The van der Waals surface area contributed by atoms with E-state index >= 15 is 0 Å². The minimum absolute atomic E-state index is 0.350. The molecule has 0 unspecified atom stereocenters. The summed E-state index contributed by atoms with van der Waals surface area (Å²) in [5.74, 6) is -4.48. The van der Waals surface area contributed by atoms with E-state index in [1.807, 2.05) is 12.1 Å². The van der Waals surface area contributed by atoms with Crippen LogP contribution in [0, 0.1) is 17.5 Å². The average molecular weight is 321 g/mol. The van der Waals surface area contributed by atoms with Gasteiger partial charge in [-0.25, -0.2) is 13.2 Å². The van der Waals surface area contributed by atoms with Crippen LogP contribution in [0.15, 0.2) is 30.3 Å². The average Bonchev–Trinajstić information content (AvgIpc) is 3.01. The molecule has 3 nitrogen and oxygen atoms in total. The number of halogens is 3. The maximum atomic E-state index is 13.5. The van der Waals surface area contributed by atoms with Gasteiger partial charge in [-0.1, -0.05) is 6.07 Å². The first-order valence-corrected chi connectivity index (χ1v) is 7.22. The molecule has 1 aliphatic carbocycles. The number of rotatable bonds is 4. The topological polar surface area (TPSA) is 38.3 Å². The second-order valence-corrected chi connectivity index (χ2v) is 5.34. The van der Waals surface area contributed by atoms with E-state index in [2.05, 4.69) is 5.32 Å². The molecular weight excluding hydrogens is 307 g/mol. The van der Waals surface area contributed by atoms with E-state index in [1.165, 1.54) is 11.1 Å². The van der Waals surface area contributed by atoms with E-state index in [0.717, 1.165) is 31.4 Å². The predicted octanol–water partition coefficient (Wildman–Crippen LogP) is 3.61. The van der Waals surface area contributed by atoms with Gasteiger partial charge >= 0.3 is 0 Å². The van der Waals surface area contributed by atoms with E-state index in [0.29, 0.717) is 5.75 Å². The Morgan fingerprint density at radius 3 is 2.65 bits per heavy atom. The number of amides is 1. The zero-order chi connectivity index (χ0) is 16.4. The van der Waals surface area contributed by atoms with Gasteiger partial charge in [-0.15, -0.1) is 0 Å². The van der Waals surface area contributed by atoms with Crippen molar-refractivity contribution in [1.29, 1.82) is 0 Å².